The normalized spacial score (nSPS) is 18.8. The van der Waals surface area contributed by atoms with E-state index in [0.29, 0.717) is 17.3 Å². The summed E-state index contributed by atoms with van der Waals surface area (Å²) in [5.74, 6) is 1.50. The number of carbonyl (C=O) groups is 1. The molecule has 1 atom stereocenters. The van der Waals surface area contributed by atoms with Gasteiger partial charge in [-0.25, -0.2) is 4.99 Å². The van der Waals surface area contributed by atoms with Gasteiger partial charge in [0.15, 0.2) is 5.17 Å². The van der Waals surface area contributed by atoms with Crippen LogP contribution in [-0.4, -0.2) is 39.4 Å². The smallest absolute Gasteiger partial charge is 0.260 e. The van der Waals surface area contributed by atoms with Gasteiger partial charge in [-0.3, -0.25) is 14.7 Å². The molecule has 1 aliphatic heterocycles. The maximum Gasteiger partial charge on any atom is 0.260 e. The van der Waals surface area contributed by atoms with Crippen molar-refractivity contribution >= 4 is 28.5 Å². The maximum absolute atomic E-state index is 12.8. The van der Waals surface area contributed by atoms with Crippen molar-refractivity contribution in [3.63, 3.8) is 0 Å². The van der Waals surface area contributed by atoms with Crippen molar-refractivity contribution in [2.45, 2.75) is 19.9 Å². The molecule has 1 amide bonds. The standard InChI is InChI=1S/C18H19N3O2S/c1-3-23-16-7-5-4-6-15(16)20-18-21(13(2)12-24-18)17(22)14-8-10-19-11-9-14/h4-11,13H,3,12H2,1-2H3. The number of benzene rings is 1. The van der Waals surface area contributed by atoms with E-state index in [2.05, 4.69) is 4.98 Å². The Kier molecular flexibility index (Phi) is 5.15. The van der Waals surface area contributed by atoms with Crippen LogP contribution in [0.1, 0.15) is 24.2 Å². The van der Waals surface area contributed by atoms with Crippen LogP contribution in [-0.2, 0) is 0 Å². The number of carbonyl (C=O) groups excluding carboxylic acids is 1. The molecular formula is C18H19N3O2S. The summed E-state index contributed by atoms with van der Waals surface area (Å²) < 4.78 is 5.63. The van der Waals surface area contributed by atoms with E-state index in [9.17, 15) is 4.79 Å². The molecule has 3 rings (SSSR count). The lowest BCUT2D eigenvalue weighted by Crippen LogP contribution is -2.37. The van der Waals surface area contributed by atoms with E-state index >= 15 is 0 Å². The SMILES string of the molecule is CCOc1ccccc1N=C1SCC(C)N1C(=O)c1ccncc1. The molecule has 0 N–H and O–H groups in total. The Morgan fingerprint density at radius 1 is 1.33 bits per heavy atom. The van der Waals surface area contributed by atoms with Crippen molar-refractivity contribution < 1.29 is 9.53 Å². The summed E-state index contributed by atoms with van der Waals surface area (Å²) in [5, 5.41) is 0.705. The minimum absolute atomic E-state index is 0.0532. The fourth-order valence-corrected chi connectivity index (χ4v) is 3.57. The highest BCUT2D eigenvalue weighted by atomic mass is 32.2. The maximum atomic E-state index is 12.8. The highest BCUT2D eigenvalue weighted by molar-refractivity contribution is 8.14. The van der Waals surface area contributed by atoms with Crippen molar-refractivity contribution in [2.24, 2.45) is 4.99 Å². The summed E-state index contributed by atoms with van der Waals surface area (Å²) in [6, 6.07) is 11.2. The highest BCUT2D eigenvalue weighted by Gasteiger charge is 2.33. The topological polar surface area (TPSA) is 54.8 Å². The zero-order chi connectivity index (χ0) is 16.9. The van der Waals surface area contributed by atoms with Gasteiger partial charge in [0.25, 0.3) is 5.91 Å². The second kappa shape index (κ2) is 7.49. The molecule has 0 saturated carbocycles. The van der Waals surface area contributed by atoms with Crippen LogP contribution in [0.25, 0.3) is 0 Å². The van der Waals surface area contributed by atoms with E-state index in [0.717, 1.165) is 17.2 Å². The van der Waals surface area contributed by atoms with E-state index < -0.39 is 0 Å². The first kappa shape index (κ1) is 16.5. The number of ether oxygens (including phenoxy) is 1. The predicted molar refractivity (Wildman–Crippen MR) is 97.0 cm³/mol. The van der Waals surface area contributed by atoms with Gasteiger partial charge in [-0.15, -0.1) is 0 Å². The van der Waals surface area contributed by atoms with E-state index in [4.69, 9.17) is 9.73 Å². The van der Waals surface area contributed by atoms with Gasteiger partial charge in [-0.2, -0.15) is 0 Å². The molecule has 1 fully saturated rings. The molecule has 2 aromatic rings. The van der Waals surface area contributed by atoms with Crippen LogP contribution in [0.4, 0.5) is 5.69 Å². The predicted octanol–water partition coefficient (Wildman–Crippen LogP) is 3.75. The Morgan fingerprint density at radius 2 is 2.08 bits per heavy atom. The minimum Gasteiger partial charge on any atom is -0.492 e. The summed E-state index contributed by atoms with van der Waals surface area (Å²) in [5.41, 5.74) is 1.36. The Balaban J connectivity index is 1.94. The molecule has 1 aromatic carbocycles. The second-order valence-electron chi connectivity index (χ2n) is 5.37. The molecule has 1 unspecified atom stereocenters. The molecule has 6 heteroatoms. The van der Waals surface area contributed by atoms with Gasteiger partial charge < -0.3 is 4.74 Å². The monoisotopic (exact) mass is 341 g/mol. The number of amides is 1. The third-order valence-electron chi connectivity index (χ3n) is 3.63. The van der Waals surface area contributed by atoms with Gasteiger partial charge in [0, 0.05) is 29.8 Å². The number of para-hydroxylation sites is 2. The Morgan fingerprint density at radius 3 is 2.83 bits per heavy atom. The number of hydrogen-bond acceptors (Lipinski definition) is 5. The van der Waals surface area contributed by atoms with Crippen molar-refractivity contribution in [3.05, 3.63) is 54.4 Å². The van der Waals surface area contributed by atoms with Crippen molar-refractivity contribution in [2.75, 3.05) is 12.4 Å². The summed E-state index contributed by atoms with van der Waals surface area (Å²) in [6.45, 7) is 4.55. The zero-order valence-corrected chi connectivity index (χ0v) is 14.5. The van der Waals surface area contributed by atoms with Crippen molar-refractivity contribution in [3.8, 4) is 5.75 Å². The lowest BCUT2D eigenvalue weighted by Gasteiger charge is -2.21. The van der Waals surface area contributed by atoms with Crippen LogP contribution in [0.3, 0.4) is 0 Å². The van der Waals surface area contributed by atoms with Crippen LogP contribution >= 0.6 is 11.8 Å². The average molecular weight is 341 g/mol. The van der Waals surface area contributed by atoms with Crippen LogP contribution in [0.5, 0.6) is 5.75 Å². The number of thioether (sulfide) groups is 1. The van der Waals surface area contributed by atoms with Crippen LogP contribution in [0, 0.1) is 0 Å². The van der Waals surface area contributed by atoms with Crippen LogP contribution < -0.4 is 4.74 Å². The molecule has 0 spiro atoms. The third-order valence-corrected chi connectivity index (χ3v) is 4.82. The zero-order valence-electron chi connectivity index (χ0n) is 13.7. The summed E-state index contributed by atoms with van der Waals surface area (Å²) >= 11 is 1.59. The first-order valence-corrected chi connectivity index (χ1v) is 8.86. The largest absolute Gasteiger partial charge is 0.492 e. The average Bonchev–Trinajstić information content (AvgIpc) is 2.97. The Bertz CT molecular complexity index is 749. The van der Waals surface area contributed by atoms with Crippen molar-refractivity contribution in [1.29, 1.82) is 0 Å². The molecule has 1 aromatic heterocycles. The van der Waals surface area contributed by atoms with Crippen molar-refractivity contribution in [1.82, 2.24) is 9.88 Å². The van der Waals surface area contributed by atoms with E-state index in [1.807, 2.05) is 38.1 Å². The molecule has 0 aliphatic carbocycles. The molecule has 2 heterocycles. The fourth-order valence-electron chi connectivity index (χ4n) is 2.46. The van der Waals surface area contributed by atoms with E-state index in [1.165, 1.54) is 0 Å². The number of aromatic nitrogens is 1. The highest BCUT2D eigenvalue weighted by Crippen LogP contribution is 2.32. The summed E-state index contributed by atoms with van der Waals surface area (Å²) in [7, 11) is 0. The quantitative estimate of drug-likeness (QED) is 0.850. The van der Waals surface area contributed by atoms with Crippen LogP contribution in [0.2, 0.25) is 0 Å². The Labute approximate surface area is 145 Å². The van der Waals surface area contributed by atoms with E-state index in [-0.39, 0.29) is 11.9 Å². The Hall–Kier alpha value is -2.34. The molecule has 0 radical (unpaired) electrons. The first-order valence-electron chi connectivity index (χ1n) is 7.87. The van der Waals surface area contributed by atoms with Gasteiger partial charge in [0.05, 0.1) is 6.61 Å². The summed E-state index contributed by atoms with van der Waals surface area (Å²) in [6.07, 6.45) is 3.25. The molecule has 1 aliphatic rings. The lowest BCUT2D eigenvalue weighted by molar-refractivity contribution is 0.0828. The number of pyridine rings is 1. The molecule has 0 bridgehead atoms. The fraction of sp³-hybridized carbons (Fsp3) is 0.278. The first-order chi connectivity index (χ1) is 11.7. The minimum atomic E-state index is -0.0532. The van der Waals surface area contributed by atoms with Crippen LogP contribution in [0.15, 0.2) is 53.8 Å². The number of amidine groups is 1. The molecule has 1 saturated heterocycles. The molecular weight excluding hydrogens is 322 g/mol. The van der Waals surface area contributed by atoms with Gasteiger partial charge in [-0.05, 0) is 38.1 Å². The number of aliphatic imine (C=N–C) groups is 1. The number of hydrogen-bond donors (Lipinski definition) is 0. The number of nitrogens with zero attached hydrogens (tertiary/aromatic N) is 3. The van der Waals surface area contributed by atoms with Gasteiger partial charge in [-0.1, -0.05) is 23.9 Å². The summed E-state index contributed by atoms with van der Waals surface area (Å²) in [4.78, 5) is 23.3. The van der Waals surface area contributed by atoms with E-state index in [1.54, 1.807) is 41.2 Å². The van der Waals surface area contributed by atoms with Gasteiger partial charge in [0.2, 0.25) is 0 Å². The molecule has 124 valence electrons. The lowest BCUT2D eigenvalue weighted by atomic mass is 10.2. The third kappa shape index (κ3) is 3.43. The molecule has 24 heavy (non-hydrogen) atoms. The second-order valence-corrected chi connectivity index (χ2v) is 6.35. The number of rotatable bonds is 4. The van der Waals surface area contributed by atoms with Gasteiger partial charge >= 0.3 is 0 Å². The van der Waals surface area contributed by atoms with Gasteiger partial charge in [0.1, 0.15) is 11.4 Å². The molecule has 5 nitrogen and oxygen atoms in total.